The molecule has 1 saturated carbocycles. The number of nitrogens with zero attached hydrogens (tertiary/aromatic N) is 1. The number of hydrogen-bond donors (Lipinski definition) is 0. The third kappa shape index (κ3) is 3.68. The number of benzene rings is 3. The second kappa shape index (κ2) is 8.25. The molecular formula is C34H31NS. The Balaban J connectivity index is 1.46. The van der Waals surface area contributed by atoms with Crippen molar-refractivity contribution >= 4 is 44.1 Å². The number of rotatable bonds is 3. The number of fused-ring (bicyclic) bond motifs is 5. The Bertz CT molecular complexity index is 1650. The van der Waals surface area contributed by atoms with Crippen molar-refractivity contribution in [3.63, 3.8) is 0 Å². The Morgan fingerprint density at radius 1 is 0.972 bits per heavy atom. The van der Waals surface area contributed by atoms with Crippen molar-refractivity contribution in [3.8, 4) is 11.3 Å². The molecule has 36 heavy (non-hydrogen) atoms. The molecule has 0 unspecified atom stereocenters. The Morgan fingerprint density at radius 2 is 1.83 bits per heavy atom. The van der Waals surface area contributed by atoms with Crippen LogP contribution >= 0.6 is 11.8 Å². The molecule has 178 valence electrons. The Hall–Kier alpha value is -3.02. The van der Waals surface area contributed by atoms with E-state index in [2.05, 4.69) is 75.4 Å². The zero-order chi connectivity index (χ0) is 24.4. The van der Waals surface area contributed by atoms with Gasteiger partial charge in [0, 0.05) is 32.3 Å². The van der Waals surface area contributed by atoms with Gasteiger partial charge in [-0.25, -0.2) is 0 Å². The van der Waals surface area contributed by atoms with Crippen molar-refractivity contribution < 1.29 is 0 Å². The summed E-state index contributed by atoms with van der Waals surface area (Å²) in [6, 6.07) is 24.9. The molecular weight excluding hydrogens is 454 g/mol. The Kier molecular flexibility index (Phi) is 5.09. The first-order valence-electron chi connectivity index (χ1n) is 13.4. The molecule has 0 bridgehead atoms. The van der Waals surface area contributed by atoms with Crippen molar-refractivity contribution in [3.05, 3.63) is 78.0 Å². The van der Waals surface area contributed by atoms with E-state index in [4.69, 9.17) is 4.98 Å². The van der Waals surface area contributed by atoms with Gasteiger partial charge in [-0.1, -0.05) is 88.5 Å². The van der Waals surface area contributed by atoms with Gasteiger partial charge >= 0.3 is 0 Å². The van der Waals surface area contributed by atoms with Crippen molar-refractivity contribution in [2.24, 2.45) is 11.3 Å². The molecule has 0 amide bonds. The quantitative estimate of drug-likeness (QED) is 0.231. The van der Waals surface area contributed by atoms with Gasteiger partial charge in [-0.05, 0) is 87.2 Å². The lowest BCUT2D eigenvalue weighted by molar-refractivity contribution is 0.410. The number of pyridine rings is 1. The van der Waals surface area contributed by atoms with E-state index in [9.17, 15) is 0 Å². The lowest BCUT2D eigenvalue weighted by atomic mass is 9.84. The molecule has 1 fully saturated rings. The van der Waals surface area contributed by atoms with E-state index in [0.29, 0.717) is 0 Å². The minimum absolute atomic E-state index is 0.181. The highest BCUT2D eigenvalue weighted by molar-refractivity contribution is 8.00. The van der Waals surface area contributed by atoms with Crippen LogP contribution in [-0.4, -0.2) is 4.98 Å². The lowest BCUT2D eigenvalue weighted by Crippen LogP contribution is -2.11. The van der Waals surface area contributed by atoms with Gasteiger partial charge in [-0.2, -0.15) is 0 Å². The van der Waals surface area contributed by atoms with Crippen LogP contribution in [0, 0.1) is 23.5 Å². The van der Waals surface area contributed by atoms with Crippen LogP contribution in [0.3, 0.4) is 0 Å². The van der Waals surface area contributed by atoms with Crippen molar-refractivity contribution in [1.82, 2.24) is 4.98 Å². The summed E-state index contributed by atoms with van der Waals surface area (Å²) in [7, 11) is 0. The highest BCUT2D eigenvalue weighted by atomic mass is 32.2. The van der Waals surface area contributed by atoms with E-state index in [0.717, 1.165) is 23.4 Å². The van der Waals surface area contributed by atoms with Gasteiger partial charge in [0.1, 0.15) is 0 Å². The molecule has 0 spiro atoms. The van der Waals surface area contributed by atoms with E-state index in [1.807, 2.05) is 24.0 Å². The molecule has 0 atom stereocenters. The fourth-order valence-corrected chi connectivity index (χ4v) is 7.75. The molecule has 1 aliphatic carbocycles. The summed E-state index contributed by atoms with van der Waals surface area (Å²) >= 11 is 1.95. The molecule has 1 aromatic heterocycles. The summed E-state index contributed by atoms with van der Waals surface area (Å²) in [5.74, 6) is 0.862. The molecule has 1 aliphatic heterocycles. The van der Waals surface area contributed by atoms with Gasteiger partial charge in [-0.15, -0.1) is 0 Å². The van der Waals surface area contributed by atoms with Gasteiger partial charge in [0.05, 0.1) is 5.69 Å². The molecule has 1 nitrogen and oxygen atoms in total. The van der Waals surface area contributed by atoms with Crippen molar-refractivity contribution in [2.75, 3.05) is 0 Å². The van der Waals surface area contributed by atoms with E-state index >= 15 is 0 Å². The molecule has 2 aliphatic rings. The maximum Gasteiger partial charge on any atom is 0.0803 e. The van der Waals surface area contributed by atoms with Gasteiger partial charge in [0.2, 0.25) is 0 Å². The standard InChI is InChI=1S/C34H31NS/c1-34(2,3)20-29-25-11-7-6-10-23(25)18-28-32-31-27(14-15-35-32)26-13-12-22(16-21-8-4-5-9-21)17-24(26)19-30(31)36-33(28)29/h7,11-15,17-19,21H,4-5,8-9,16,20H2,1-3H3. The smallest absolute Gasteiger partial charge is 0.0803 e. The SMILES string of the molecule is CC(C)(C)Cc1c2c(cc3c#cccc13)-c1nccc3c1c(cc1cc(CC4CCCC4)ccc13)S2. The molecule has 2 heteroatoms. The molecule has 0 radical (unpaired) electrons. The molecule has 7 rings (SSSR count). The summed E-state index contributed by atoms with van der Waals surface area (Å²) in [4.78, 5) is 7.69. The van der Waals surface area contributed by atoms with Crippen molar-refractivity contribution in [2.45, 2.75) is 69.1 Å². The molecule has 4 aromatic carbocycles. The third-order valence-corrected chi connectivity index (χ3v) is 9.24. The zero-order valence-corrected chi connectivity index (χ0v) is 22.2. The van der Waals surface area contributed by atoms with Gasteiger partial charge < -0.3 is 0 Å². The monoisotopic (exact) mass is 485 g/mol. The van der Waals surface area contributed by atoms with Crippen LogP contribution in [0.25, 0.3) is 43.6 Å². The first kappa shape index (κ1) is 22.2. The van der Waals surface area contributed by atoms with Gasteiger partial charge in [-0.3, -0.25) is 4.98 Å². The Morgan fingerprint density at radius 3 is 2.67 bits per heavy atom. The van der Waals surface area contributed by atoms with Crippen LogP contribution in [0.2, 0.25) is 0 Å². The Labute approximate surface area is 218 Å². The van der Waals surface area contributed by atoms with Gasteiger partial charge in [0.25, 0.3) is 0 Å². The molecule has 5 aromatic rings. The average molecular weight is 486 g/mol. The molecule has 0 saturated heterocycles. The van der Waals surface area contributed by atoms with Crippen LogP contribution in [0.5, 0.6) is 0 Å². The normalized spacial score (nSPS) is 15.5. The maximum absolute atomic E-state index is 4.98. The zero-order valence-electron chi connectivity index (χ0n) is 21.4. The van der Waals surface area contributed by atoms with Crippen LogP contribution in [0.4, 0.5) is 0 Å². The second-order valence-electron chi connectivity index (χ2n) is 12.0. The lowest BCUT2D eigenvalue weighted by Gasteiger charge is -2.27. The fraction of sp³-hybridized carbons (Fsp3) is 0.324. The van der Waals surface area contributed by atoms with Crippen LogP contribution in [-0.2, 0) is 12.8 Å². The maximum atomic E-state index is 4.98. The first-order chi connectivity index (χ1) is 17.4. The summed E-state index contributed by atoms with van der Waals surface area (Å²) in [6.45, 7) is 6.99. The topological polar surface area (TPSA) is 12.9 Å². The average Bonchev–Trinajstić information content (AvgIpc) is 3.37. The number of aromatic nitrogens is 1. The predicted octanol–water partition coefficient (Wildman–Crippen LogP) is 9.59. The number of hydrogen-bond acceptors (Lipinski definition) is 2. The first-order valence-corrected chi connectivity index (χ1v) is 14.2. The largest absolute Gasteiger partial charge is 0.256 e. The summed E-state index contributed by atoms with van der Waals surface area (Å²) < 4.78 is 0. The van der Waals surface area contributed by atoms with Gasteiger partial charge in [0.15, 0.2) is 0 Å². The summed E-state index contributed by atoms with van der Waals surface area (Å²) in [6.07, 6.45) is 9.82. The van der Waals surface area contributed by atoms with E-state index in [1.165, 1.54) is 85.5 Å². The minimum atomic E-state index is 0.181. The van der Waals surface area contributed by atoms with E-state index < -0.39 is 0 Å². The van der Waals surface area contributed by atoms with E-state index in [1.54, 1.807) is 0 Å². The highest BCUT2D eigenvalue weighted by Gasteiger charge is 2.27. The minimum Gasteiger partial charge on any atom is -0.256 e. The fourth-order valence-electron chi connectivity index (χ4n) is 6.47. The van der Waals surface area contributed by atoms with Crippen molar-refractivity contribution in [1.29, 1.82) is 0 Å². The predicted molar refractivity (Wildman–Crippen MR) is 153 cm³/mol. The van der Waals surface area contributed by atoms with E-state index in [-0.39, 0.29) is 5.41 Å². The van der Waals surface area contributed by atoms with Crippen LogP contribution in [0.15, 0.2) is 64.5 Å². The molecule has 0 N–H and O–H groups in total. The summed E-state index contributed by atoms with van der Waals surface area (Å²) in [5.41, 5.74) is 5.45. The summed E-state index contributed by atoms with van der Waals surface area (Å²) in [5, 5.41) is 7.75. The highest BCUT2D eigenvalue weighted by Crippen LogP contribution is 2.52. The third-order valence-electron chi connectivity index (χ3n) is 8.03. The van der Waals surface area contributed by atoms with Crippen LogP contribution in [0.1, 0.15) is 57.6 Å². The molecule has 2 heterocycles. The second-order valence-corrected chi connectivity index (χ2v) is 13.1. The van der Waals surface area contributed by atoms with Crippen LogP contribution < -0.4 is 0 Å².